The summed E-state index contributed by atoms with van der Waals surface area (Å²) < 4.78 is 42.7. The zero-order chi connectivity index (χ0) is 53.9. The first kappa shape index (κ1) is 57.0. The lowest BCUT2D eigenvalue weighted by atomic mass is 9.33. The molecular formula is C53H84O20. The van der Waals surface area contributed by atoms with Crippen molar-refractivity contribution in [1.82, 2.24) is 0 Å². The van der Waals surface area contributed by atoms with Crippen molar-refractivity contribution in [1.29, 1.82) is 0 Å². The molecule has 3 saturated heterocycles. The third-order valence-corrected chi connectivity index (χ3v) is 20.0. The zero-order valence-corrected chi connectivity index (χ0v) is 43.9. The number of ether oxygens (including phenoxy) is 7. The number of fused-ring (bicyclic) bond motifs is 7. The van der Waals surface area contributed by atoms with Crippen molar-refractivity contribution in [3.8, 4) is 0 Å². The maximum atomic E-state index is 13.0. The van der Waals surface area contributed by atoms with Gasteiger partial charge in [-0.15, -0.1) is 0 Å². The SMILES string of the molecule is CC(C)=CC(=O)OC[C@@]12[C@H](O)C[C@]3(C)C(=CC[C@@H]4[C@@]5(C)CC[C@H](O[C@@H]6O[C@H](C(=O)O)[C@@H](O)[C@H](O[C@@H]7O[C@@H](C)[C@H](O)[C@@H](O)[C@H]7O)[C@H]6O[C@@H]6O[C@H](CO)[C@@H](O)[C@H](O)[C@H]6O)C(C)(C)[C@@H]5CC[C@]43C)[C@@H]1CC(C)(C)C[C@@H]2O. The van der Waals surface area contributed by atoms with E-state index in [1.807, 2.05) is 13.8 Å². The van der Waals surface area contributed by atoms with Gasteiger partial charge in [-0.1, -0.05) is 65.7 Å². The van der Waals surface area contributed by atoms with E-state index in [2.05, 4.69) is 54.5 Å². The highest BCUT2D eigenvalue weighted by atomic mass is 16.8. The molecule has 0 spiro atoms. The monoisotopic (exact) mass is 1040 g/mol. The Morgan fingerprint density at radius 3 is 1.95 bits per heavy atom. The van der Waals surface area contributed by atoms with Gasteiger partial charge in [0.25, 0.3) is 0 Å². The number of aliphatic carboxylic acids is 1. The number of hydrogen-bond donors (Lipinski definition) is 11. The third-order valence-electron chi connectivity index (χ3n) is 20.0. The molecule has 4 saturated carbocycles. The number of hydrogen-bond acceptors (Lipinski definition) is 19. The Hall–Kier alpha value is -2.22. The van der Waals surface area contributed by atoms with Gasteiger partial charge < -0.3 is 89.3 Å². The van der Waals surface area contributed by atoms with Gasteiger partial charge in [-0.05, 0) is 117 Å². The zero-order valence-electron chi connectivity index (χ0n) is 43.9. The van der Waals surface area contributed by atoms with Gasteiger partial charge >= 0.3 is 11.9 Å². The molecule has 20 heteroatoms. The van der Waals surface area contributed by atoms with Crippen LogP contribution >= 0.6 is 0 Å². The Morgan fingerprint density at radius 2 is 1.32 bits per heavy atom. The van der Waals surface area contributed by atoms with E-state index in [4.69, 9.17) is 33.2 Å². The molecule has 73 heavy (non-hydrogen) atoms. The van der Waals surface area contributed by atoms with Crippen molar-refractivity contribution in [2.45, 2.75) is 231 Å². The summed E-state index contributed by atoms with van der Waals surface area (Å²) in [5.74, 6) is -2.27. The minimum atomic E-state index is -2.09. The highest BCUT2D eigenvalue weighted by Crippen LogP contribution is 2.76. The first-order valence-electron chi connectivity index (χ1n) is 26.3. The van der Waals surface area contributed by atoms with Crippen LogP contribution in [0.25, 0.3) is 0 Å². The Bertz CT molecular complexity index is 2090. The minimum Gasteiger partial charge on any atom is -0.479 e. The van der Waals surface area contributed by atoms with Gasteiger partial charge in [-0.2, -0.15) is 0 Å². The summed E-state index contributed by atoms with van der Waals surface area (Å²) in [6.07, 6.45) is -20.4. The van der Waals surface area contributed by atoms with Crippen LogP contribution in [0.1, 0.15) is 121 Å². The molecule has 11 N–H and O–H groups in total. The topological polar surface area (TPSA) is 321 Å². The van der Waals surface area contributed by atoms with Crippen LogP contribution < -0.4 is 0 Å². The van der Waals surface area contributed by atoms with Gasteiger partial charge in [0, 0.05) is 6.08 Å². The van der Waals surface area contributed by atoms with E-state index < -0.39 is 145 Å². The highest BCUT2D eigenvalue weighted by Gasteiger charge is 2.72. The van der Waals surface area contributed by atoms with Gasteiger partial charge in [-0.3, -0.25) is 0 Å². The van der Waals surface area contributed by atoms with Crippen LogP contribution in [-0.4, -0.2) is 192 Å². The molecule has 416 valence electrons. The summed E-state index contributed by atoms with van der Waals surface area (Å²) in [5.41, 5.74) is -1.17. The number of esters is 1. The van der Waals surface area contributed by atoms with Gasteiger partial charge in [0.15, 0.2) is 25.0 Å². The molecule has 0 amide bonds. The minimum absolute atomic E-state index is 0.00518. The summed E-state index contributed by atoms with van der Waals surface area (Å²) in [7, 11) is 0. The number of aliphatic hydroxyl groups excluding tert-OH is 10. The molecule has 3 heterocycles. The third kappa shape index (κ3) is 9.39. The summed E-state index contributed by atoms with van der Waals surface area (Å²) in [6.45, 7) is 19.5. The van der Waals surface area contributed by atoms with E-state index in [0.717, 1.165) is 24.8 Å². The Kier molecular flexibility index (Phi) is 15.8. The standard InChI is InChI=1S/C53H84O20/c1-23(2)17-33(57)67-22-53-26(18-48(4,5)19-30(53)55)25-11-12-29-50(8)15-14-32(49(6,7)28(50)13-16-51(29,9)52(25,10)20-31(53)56)70-47-43(73-46-39(63)37(61)35(59)27(21-54)69-46)41(40(64)42(72-47)44(65)66)71-45-38(62)36(60)34(58)24(3)68-45/h11,17,24,26-32,34-43,45-47,54-56,58-64H,12-16,18-22H2,1-10H3,(H,65,66)/t24-,26-,27+,28-,29+,30-,31+,32-,34-,35+,36+,37-,38+,39+,40-,41-,42-,43+,45-,46-,47+,50-,51+,52+,53+/m0/s1. The van der Waals surface area contributed by atoms with E-state index in [0.29, 0.717) is 32.1 Å². The average molecular weight is 1040 g/mol. The average Bonchev–Trinajstić information content (AvgIpc) is 3.29. The number of carboxylic acid groups (broad SMARTS) is 1. The highest BCUT2D eigenvalue weighted by molar-refractivity contribution is 5.82. The van der Waals surface area contributed by atoms with Crippen LogP contribution in [0.4, 0.5) is 0 Å². The van der Waals surface area contributed by atoms with Crippen LogP contribution in [0, 0.1) is 50.2 Å². The fourth-order valence-electron chi connectivity index (χ4n) is 15.8. The molecule has 20 nitrogen and oxygen atoms in total. The van der Waals surface area contributed by atoms with Crippen LogP contribution in [0.2, 0.25) is 0 Å². The van der Waals surface area contributed by atoms with Crippen LogP contribution in [0.15, 0.2) is 23.3 Å². The second-order valence-electron chi connectivity index (χ2n) is 25.4. The lowest BCUT2D eigenvalue weighted by Gasteiger charge is -2.72. The second kappa shape index (κ2) is 20.2. The smallest absolute Gasteiger partial charge is 0.335 e. The first-order valence-corrected chi connectivity index (χ1v) is 26.3. The van der Waals surface area contributed by atoms with Crippen molar-refractivity contribution < 1.29 is 98.9 Å². The molecule has 8 rings (SSSR count). The normalized spacial score (nSPS) is 51.2. The van der Waals surface area contributed by atoms with Gasteiger partial charge in [0.05, 0.1) is 36.4 Å². The summed E-state index contributed by atoms with van der Waals surface area (Å²) in [4.78, 5) is 25.8. The van der Waals surface area contributed by atoms with E-state index in [1.165, 1.54) is 18.6 Å². The summed E-state index contributed by atoms with van der Waals surface area (Å²) in [6, 6.07) is 0. The Morgan fingerprint density at radius 1 is 0.699 bits per heavy atom. The van der Waals surface area contributed by atoms with E-state index in [1.54, 1.807) is 0 Å². The van der Waals surface area contributed by atoms with Crippen molar-refractivity contribution in [3.63, 3.8) is 0 Å². The number of carbonyl (C=O) groups is 2. The van der Waals surface area contributed by atoms with Crippen molar-refractivity contribution >= 4 is 11.9 Å². The van der Waals surface area contributed by atoms with E-state index in [9.17, 15) is 65.8 Å². The second-order valence-corrected chi connectivity index (χ2v) is 25.4. The van der Waals surface area contributed by atoms with Crippen molar-refractivity contribution in [3.05, 3.63) is 23.3 Å². The number of carbonyl (C=O) groups excluding carboxylic acids is 1. The first-order chi connectivity index (χ1) is 33.9. The molecule has 25 atom stereocenters. The molecule has 0 radical (unpaired) electrons. The Labute approximate surface area is 427 Å². The summed E-state index contributed by atoms with van der Waals surface area (Å²) in [5, 5.41) is 121. The largest absolute Gasteiger partial charge is 0.479 e. The lowest BCUT2D eigenvalue weighted by molar-refractivity contribution is -0.395. The molecule has 0 unspecified atom stereocenters. The maximum Gasteiger partial charge on any atom is 0.335 e. The van der Waals surface area contributed by atoms with Crippen molar-refractivity contribution in [2.75, 3.05) is 13.2 Å². The number of aliphatic hydroxyl groups is 10. The van der Waals surface area contributed by atoms with Gasteiger partial charge in [-0.25, -0.2) is 9.59 Å². The fourth-order valence-corrected chi connectivity index (χ4v) is 15.8. The molecule has 0 bridgehead atoms. The van der Waals surface area contributed by atoms with Gasteiger partial charge in [0.2, 0.25) is 0 Å². The molecule has 3 aliphatic heterocycles. The predicted octanol–water partition coefficient (Wildman–Crippen LogP) is 1.19. The van der Waals surface area contributed by atoms with Crippen molar-refractivity contribution in [2.24, 2.45) is 50.2 Å². The molecule has 7 fully saturated rings. The van der Waals surface area contributed by atoms with Crippen LogP contribution in [0.5, 0.6) is 0 Å². The maximum absolute atomic E-state index is 13.0. The number of rotatable bonds is 11. The van der Waals surface area contributed by atoms with Crippen LogP contribution in [-0.2, 0) is 42.7 Å². The van der Waals surface area contributed by atoms with E-state index >= 15 is 0 Å². The number of allylic oxidation sites excluding steroid dienone is 3. The molecule has 0 aromatic rings. The molecular weight excluding hydrogens is 957 g/mol. The molecule has 5 aliphatic carbocycles. The number of carboxylic acids is 1. The summed E-state index contributed by atoms with van der Waals surface area (Å²) >= 11 is 0. The predicted molar refractivity (Wildman–Crippen MR) is 255 cm³/mol. The van der Waals surface area contributed by atoms with E-state index in [-0.39, 0.29) is 40.6 Å². The molecule has 0 aromatic heterocycles. The lowest BCUT2D eigenvalue weighted by Crippen LogP contribution is -2.70. The fraction of sp³-hybridized carbons (Fsp3) is 0.887. The quantitative estimate of drug-likeness (QED) is 0.0599. The Balaban J connectivity index is 1.11. The van der Waals surface area contributed by atoms with Gasteiger partial charge in [0.1, 0.15) is 67.6 Å². The molecule has 8 aliphatic rings. The molecule has 0 aromatic carbocycles. The van der Waals surface area contributed by atoms with Crippen LogP contribution in [0.3, 0.4) is 0 Å².